The molecule has 0 aromatic carbocycles. The van der Waals surface area contributed by atoms with Gasteiger partial charge in [0, 0.05) is 30.6 Å². The standard InChI is InChI=1S/C14H19ClN2S/c1-2-9-17-10-6-12(7-11-17)16-8-5-13-3-4-14(15)18-13/h1,3-4,12,16H,5-11H2. The lowest BCUT2D eigenvalue weighted by Crippen LogP contribution is -2.43. The zero-order valence-corrected chi connectivity index (χ0v) is 12.1. The topological polar surface area (TPSA) is 15.3 Å². The Morgan fingerprint density at radius 1 is 1.44 bits per heavy atom. The van der Waals surface area contributed by atoms with Crippen molar-refractivity contribution < 1.29 is 0 Å². The van der Waals surface area contributed by atoms with Crippen LogP contribution in [-0.2, 0) is 6.42 Å². The van der Waals surface area contributed by atoms with Crippen molar-refractivity contribution in [2.45, 2.75) is 25.3 Å². The van der Waals surface area contributed by atoms with E-state index in [1.165, 1.54) is 17.7 Å². The molecule has 1 aliphatic rings. The van der Waals surface area contributed by atoms with Crippen molar-refractivity contribution in [1.29, 1.82) is 0 Å². The molecule has 0 saturated carbocycles. The molecule has 4 heteroatoms. The number of terminal acetylenes is 1. The molecule has 18 heavy (non-hydrogen) atoms. The summed E-state index contributed by atoms with van der Waals surface area (Å²) >= 11 is 7.59. The van der Waals surface area contributed by atoms with Crippen LogP contribution in [0.1, 0.15) is 17.7 Å². The first kappa shape index (κ1) is 13.9. The van der Waals surface area contributed by atoms with Crippen LogP contribution >= 0.6 is 22.9 Å². The monoisotopic (exact) mass is 282 g/mol. The summed E-state index contributed by atoms with van der Waals surface area (Å²) in [5.41, 5.74) is 0. The van der Waals surface area contributed by atoms with E-state index in [1.807, 2.05) is 6.07 Å². The molecular weight excluding hydrogens is 264 g/mol. The smallest absolute Gasteiger partial charge is 0.0931 e. The van der Waals surface area contributed by atoms with Crippen molar-refractivity contribution in [3.05, 3.63) is 21.3 Å². The Balaban J connectivity index is 1.62. The highest BCUT2D eigenvalue weighted by Gasteiger charge is 2.17. The molecule has 1 saturated heterocycles. The van der Waals surface area contributed by atoms with Gasteiger partial charge in [0.15, 0.2) is 0 Å². The molecule has 2 rings (SSSR count). The summed E-state index contributed by atoms with van der Waals surface area (Å²) in [7, 11) is 0. The van der Waals surface area contributed by atoms with E-state index in [4.69, 9.17) is 18.0 Å². The van der Waals surface area contributed by atoms with Gasteiger partial charge in [0.05, 0.1) is 10.9 Å². The van der Waals surface area contributed by atoms with Crippen LogP contribution in [0.2, 0.25) is 4.34 Å². The molecule has 2 heterocycles. The van der Waals surface area contributed by atoms with Gasteiger partial charge in [-0.25, -0.2) is 0 Å². The van der Waals surface area contributed by atoms with Crippen LogP contribution in [0, 0.1) is 12.3 Å². The third-order valence-electron chi connectivity index (χ3n) is 3.34. The summed E-state index contributed by atoms with van der Waals surface area (Å²) in [5.74, 6) is 2.71. The van der Waals surface area contributed by atoms with E-state index in [9.17, 15) is 0 Å². The Labute approximate surface area is 118 Å². The van der Waals surface area contributed by atoms with Gasteiger partial charge in [-0.3, -0.25) is 4.90 Å². The van der Waals surface area contributed by atoms with Crippen molar-refractivity contribution in [1.82, 2.24) is 10.2 Å². The van der Waals surface area contributed by atoms with E-state index in [0.717, 1.165) is 36.9 Å². The molecule has 0 unspecified atom stereocenters. The number of hydrogen-bond donors (Lipinski definition) is 1. The fourth-order valence-corrected chi connectivity index (χ4v) is 3.40. The number of nitrogens with zero attached hydrogens (tertiary/aromatic N) is 1. The first-order chi connectivity index (χ1) is 8.78. The summed E-state index contributed by atoms with van der Waals surface area (Å²) in [4.78, 5) is 3.70. The molecule has 0 radical (unpaired) electrons. The number of nitrogens with one attached hydrogen (secondary N) is 1. The number of hydrogen-bond acceptors (Lipinski definition) is 3. The average Bonchev–Trinajstić information content (AvgIpc) is 2.78. The third kappa shape index (κ3) is 4.29. The van der Waals surface area contributed by atoms with Gasteiger partial charge in [-0.1, -0.05) is 17.5 Å². The van der Waals surface area contributed by atoms with Crippen LogP contribution < -0.4 is 5.32 Å². The second kappa shape index (κ2) is 7.16. The Kier molecular flexibility index (Phi) is 5.52. The molecule has 1 aliphatic heterocycles. The maximum atomic E-state index is 5.91. The minimum absolute atomic E-state index is 0.648. The fourth-order valence-electron chi connectivity index (χ4n) is 2.31. The minimum Gasteiger partial charge on any atom is -0.314 e. The molecule has 0 aliphatic carbocycles. The van der Waals surface area contributed by atoms with E-state index in [2.05, 4.69) is 22.2 Å². The Bertz CT molecular complexity index is 402. The first-order valence-electron chi connectivity index (χ1n) is 6.41. The van der Waals surface area contributed by atoms with Gasteiger partial charge in [0.2, 0.25) is 0 Å². The average molecular weight is 283 g/mol. The first-order valence-corrected chi connectivity index (χ1v) is 7.61. The Morgan fingerprint density at radius 3 is 2.83 bits per heavy atom. The maximum Gasteiger partial charge on any atom is 0.0931 e. The van der Waals surface area contributed by atoms with E-state index in [0.29, 0.717) is 6.04 Å². The predicted molar refractivity (Wildman–Crippen MR) is 79.3 cm³/mol. The van der Waals surface area contributed by atoms with Crippen LogP contribution in [0.4, 0.5) is 0 Å². The van der Waals surface area contributed by atoms with Gasteiger partial charge < -0.3 is 5.32 Å². The Hall–Kier alpha value is -0.530. The quantitative estimate of drug-likeness (QED) is 0.836. The van der Waals surface area contributed by atoms with Gasteiger partial charge in [0.25, 0.3) is 0 Å². The van der Waals surface area contributed by atoms with Crippen LogP contribution in [-0.4, -0.2) is 37.1 Å². The zero-order chi connectivity index (χ0) is 12.8. The van der Waals surface area contributed by atoms with Gasteiger partial charge in [-0.15, -0.1) is 17.8 Å². The normalized spacial score (nSPS) is 17.8. The molecule has 1 aromatic rings. The molecule has 1 fully saturated rings. The van der Waals surface area contributed by atoms with Crippen LogP contribution in [0.15, 0.2) is 12.1 Å². The van der Waals surface area contributed by atoms with E-state index in [-0.39, 0.29) is 0 Å². The van der Waals surface area contributed by atoms with Crippen LogP contribution in [0.5, 0.6) is 0 Å². The molecule has 0 spiro atoms. The molecular formula is C14H19ClN2S. The molecule has 0 atom stereocenters. The van der Waals surface area contributed by atoms with Crippen molar-refractivity contribution in [2.75, 3.05) is 26.2 Å². The molecule has 2 nitrogen and oxygen atoms in total. The van der Waals surface area contributed by atoms with Crippen molar-refractivity contribution in [3.63, 3.8) is 0 Å². The summed E-state index contributed by atoms with van der Waals surface area (Å²) in [6.07, 6.45) is 8.80. The number of rotatable bonds is 5. The van der Waals surface area contributed by atoms with Gasteiger partial charge in [0.1, 0.15) is 0 Å². The second-order valence-corrected chi connectivity index (χ2v) is 6.46. The highest BCUT2D eigenvalue weighted by Crippen LogP contribution is 2.21. The summed E-state index contributed by atoms with van der Waals surface area (Å²) in [5, 5.41) is 3.63. The van der Waals surface area contributed by atoms with E-state index >= 15 is 0 Å². The number of piperidine rings is 1. The molecule has 98 valence electrons. The molecule has 0 amide bonds. The predicted octanol–water partition coefficient (Wildman–Crippen LogP) is 2.63. The van der Waals surface area contributed by atoms with E-state index < -0.39 is 0 Å². The number of likely N-dealkylation sites (tertiary alicyclic amines) is 1. The fraction of sp³-hybridized carbons (Fsp3) is 0.571. The SMILES string of the molecule is C#CCN1CCC(NCCc2ccc(Cl)s2)CC1. The zero-order valence-electron chi connectivity index (χ0n) is 10.5. The highest BCUT2D eigenvalue weighted by atomic mass is 35.5. The molecule has 0 bridgehead atoms. The molecule has 1 aromatic heterocycles. The van der Waals surface area contributed by atoms with Gasteiger partial charge >= 0.3 is 0 Å². The minimum atomic E-state index is 0.648. The van der Waals surface area contributed by atoms with Gasteiger partial charge in [-0.2, -0.15) is 0 Å². The third-order valence-corrected chi connectivity index (χ3v) is 4.63. The summed E-state index contributed by atoms with van der Waals surface area (Å²) in [6, 6.07) is 4.74. The van der Waals surface area contributed by atoms with Crippen LogP contribution in [0.25, 0.3) is 0 Å². The Morgan fingerprint density at radius 2 is 2.22 bits per heavy atom. The van der Waals surface area contributed by atoms with Crippen LogP contribution in [0.3, 0.4) is 0 Å². The number of halogens is 1. The van der Waals surface area contributed by atoms with Gasteiger partial charge in [-0.05, 0) is 31.4 Å². The lowest BCUT2D eigenvalue weighted by atomic mass is 10.1. The lowest BCUT2D eigenvalue weighted by molar-refractivity contribution is 0.218. The molecule has 1 N–H and O–H groups in total. The second-order valence-electron chi connectivity index (χ2n) is 4.66. The largest absolute Gasteiger partial charge is 0.314 e. The van der Waals surface area contributed by atoms with Crippen molar-refractivity contribution in [3.8, 4) is 12.3 Å². The summed E-state index contributed by atoms with van der Waals surface area (Å²) in [6.45, 7) is 4.07. The van der Waals surface area contributed by atoms with Crippen molar-refractivity contribution in [2.24, 2.45) is 0 Å². The maximum absolute atomic E-state index is 5.91. The highest BCUT2D eigenvalue weighted by molar-refractivity contribution is 7.16. The number of thiophene rings is 1. The van der Waals surface area contributed by atoms with E-state index in [1.54, 1.807) is 11.3 Å². The summed E-state index contributed by atoms with van der Waals surface area (Å²) < 4.78 is 0.882. The lowest BCUT2D eigenvalue weighted by Gasteiger charge is -2.31. The van der Waals surface area contributed by atoms with Crippen molar-refractivity contribution >= 4 is 22.9 Å².